The van der Waals surface area contributed by atoms with Crippen LogP contribution in [0.5, 0.6) is 23.0 Å². The Balaban J connectivity index is 1.33. The largest absolute Gasteiger partial charge is 0.497 e. The summed E-state index contributed by atoms with van der Waals surface area (Å²) in [5, 5.41) is 10.0. The van der Waals surface area contributed by atoms with Gasteiger partial charge >= 0.3 is 0 Å². The fourth-order valence-electron chi connectivity index (χ4n) is 3.44. The number of nitrogens with one attached hydrogen (secondary N) is 2. The van der Waals surface area contributed by atoms with Crippen molar-refractivity contribution in [3.8, 4) is 34.4 Å². The lowest BCUT2D eigenvalue weighted by molar-refractivity contribution is -0.116. The van der Waals surface area contributed by atoms with Crippen LogP contribution in [0.3, 0.4) is 0 Å². The minimum absolute atomic E-state index is 0.131. The molecule has 0 spiro atoms. The molecule has 180 valence electrons. The maximum Gasteiger partial charge on any atom is 0.226 e. The Morgan fingerprint density at radius 3 is 2.17 bits per heavy atom. The molecule has 0 aliphatic heterocycles. The number of carbonyl (C=O) groups excluding carboxylic acids is 1. The lowest BCUT2D eigenvalue weighted by Gasteiger charge is -2.10. The Bertz CT molecular complexity index is 1310. The van der Waals surface area contributed by atoms with E-state index in [4.69, 9.17) is 26.4 Å². The monoisotopic (exact) mass is 490 g/mol. The predicted molar refractivity (Wildman–Crippen MR) is 137 cm³/mol. The topological polar surface area (TPSA) is 90.4 Å². The van der Waals surface area contributed by atoms with Crippen molar-refractivity contribution in [3.63, 3.8) is 0 Å². The van der Waals surface area contributed by atoms with Gasteiger partial charge in [-0.15, -0.1) is 0 Å². The van der Waals surface area contributed by atoms with E-state index in [2.05, 4.69) is 15.5 Å². The number of hydrogen-bond donors (Lipinski definition) is 2. The smallest absolute Gasteiger partial charge is 0.226 e. The van der Waals surface area contributed by atoms with Crippen LogP contribution in [0.4, 0.5) is 5.69 Å². The minimum atomic E-state index is -0.131. The second kappa shape index (κ2) is 11.3. The fourth-order valence-corrected chi connectivity index (χ4v) is 3.66. The Morgan fingerprint density at radius 2 is 1.54 bits per heavy atom. The maximum absolute atomic E-state index is 12.6. The van der Waals surface area contributed by atoms with Gasteiger partial charge in [0, 0.05) is 24.2 Å². The molecule has 4 aromatic rings. The van der Waals surface area contributed by atoms with E-state index in [0.29, 0.717) is 40.9 Å². The van der Waals surface area contributed by atoms with Crippen LogP contribution in [0.25, 0.3) is 11.4 Å². The number of rotatable bonds is 10. The Hall–Kier alpha value is -4.11. The van der Waals surface area contributed by atoms with Gasteiger partial charge in [-0.05, 0) is 91.9 Å². The van der Waals surface area contributed by atoms with Crippen LogP contribution in [0.2, 0.25) is 0 Å². The normalized spacial score (nSPS) is 10.6. The molecular formula is C26H26N4O4S. The van der Waals surface area contributed by atoms with Crippen LogP contribution < -0.4 is 19.5 Å². The van der Waals surface area contributed by atoms with Crippen molar-refractivity contribution in [3.05, 3.63) is 77.6 Å². The Kier molecular flexibility index (Phi) is 7.79. The molecule has 0 bridgehead atoms. The van der Waals surface area contributed by atoms with Gasteiger partial charge in [-0.2, -0.15) is 5.10 Å². The van der Waals surface area contributed by atoms with Gasteiger partial charge in [0.25, 0.3) is 0 Å². The molecule has 0 saturated heterocycles. The number of hydrogen-bond acceptors (Lipinski definition) is 6. The second-order valence-corrected chi connectivity index (χ2v) is 7.95. The van der Waals surface area contributed by atoms with Crippen molar-refractivity contribution < 1.29 is 19.0 Å². The van der Waals surface area contributed by atoms with Crippen LogP contribution in [-0.2, 0) is 11.3 Å². The van der Waals surface area contributed by atoms with Gasteiger partial charge in [0.15, 0.2) is 10.6 Å². The molecule has 1 heterocycles. The number of aromatic amines is 1. The zero-order valence-corrected chi connectivity index (χ0v) is 20.3. The molecule has 0 fully saturated rings. The number of nitrogens with zero attached hydrogens (tertiary/aromatic N) is 2. The summed E-state index contributed by atoms with van der Waals surface area (Å²) in [6.07, 6.45) is 0.238. The van der Waals surface area contributed by atoms with Gasteiger partial charge in [0.1, 0.15) is 23.0 Å². The summed E-state index contributed by atoms with van der Waals surface area (Å²) in [4.78, 5) is 12.6. The van der Waals surface area contributed by atoms with Crippen molar-refractivity contribution in [2.45, 2.75) is 19.9 Å². The van der Waals surface area contributed by atoms with Gasteiger partial charge in [0.2, 0.25) is 5.91 Å². The molecule has 1 amide bonds. The number of anilines is 1. The van der Waals surface area contributed by atoms with Gasteiger partial charge in [-0.1, -0.05) is 0 Å². The Morgan fingerprint density at radius 1 is 0.943 bits per heavy atom. The molecule has 8 nitrogen and oxygen atoms in total. The number of methoxy groups -OCH3 is 1. The van der Waals surface area contributed by atoms with Crippen LogP contribution in [-0.4, -0.2) is 34.4 Å². The number of benzene rings is 3. The highest BCUT2D eigenvalue weighted by Crippen LogP contribution is 2.25. The lowest BCUT2D eigenvalue weighted by Crippen LogP contribution is -2.15. The molecule has 0 aliphatic rings. The molecule has 0 unspecified atom stereocenters. The van der Waals surface area contributed by atoms with Gasteiger partial charge in [-0.3, -0.25) is 14.5 Å². The van der Waals surface area contributed by atoms with Crippen molar-refractivity contribution in [2.24, 2.45) is 0 Å². The SMILES string of the molecule is CCOc1ccc(Oc2ccc(NC(=O)CCn3c(-c4ccc(OC)cc4)n[nH]c3=S)cc2)cc1. The molecule has 0 saturated carbocycles. The van der Waals surface area contributed by atoms with E-state index in [-0.39, 0.29) is 12.3 Å². The summed E-state index contributed by atoms with van der Waals surface area (Å²) in [6, 6.07) is 22.1. The fraction of sp³-hybridized carbons (Fsp3) is 0.192. The van der Waals surface area contributed by atoms with Crippen LogP contribution in [0.1, 0.15) is 13.3 Å². The summed E-state index contributed by atoms with van der Waals surface area (Å²) < 4.78 is 18.8. The molecule has 0 atom stereocenters. The molecule has 9 heteroatoms. The summed E-state index contributed by atoms with van der Waals surface area (Å²) >= 11 is 5.36. The standard InChI is InChI=1S/C26H26N4O4S/c1-3-33-21-12-14-23(15-13-21)34-22-10-6-19(7-11-22)27-24(31)16-17-30-25(28-29-26(30)35)18-4-8-20(32-2)9-5-18/h4-15H,3,16-17H2,1-2H3,(H,27,31)(H,29,35). The van der Waals surface area contributed by atoms with E-state index >= 15 is 0 Å². The highest BCUT2D eigenvalue weighted by Gasteiger charge is 2.11. The third-order valence-electron chi connectivity index (χ3n) is 5.18. The molecule has 4 rings (SSSR count). The molecule has 1 aromatic heterocycles. The third-order valence-corrected chi connectivity index (χ3v) is 5.49. The van der Waals surface area contributed by atoms with Crippen molar-refractivity contribution in [2.75, 3.05) is 19.0 Å². The third kappa shape index (κ3) is 6.27. The minimum Gasteiger partial charge on any atom is -0.497 e. The highest BCUT2D eigenvalue weighted by molar-refractivity contribution is 7.71. The van der Waals surface area contributed by atoms with E-state index in [1.807, 2.05) is 60.0 Å². The average molecular weight is 491 g/mol. The molecule has 0 radical (unpaired) electrons. The zero-order chi connectivity index (χ0) is 24.6. The number of aromatic nitrogens is 3. The quantitative estimate of drug-likeness (QED) is 0.272. The van der Waals surface area contributed by atoms with Gasteiger partial charge < -0.3 is 19.5 Å². The Labute approximate surface area is 208 Å². The summed E-state index contributed by atoms with van der Waals surface area (Å²) in [5.41, 5.74) is 1.56. The highest BCUT2D eigenvalue weighted by atomic mass is 32.1. The number of carbonyl (C=O) groups is 1. The van der Waals surface area contributed by atoms with Crippen LogP contribution >= 0.6 is 12.2 Å². The van der Waals surface area contributed by atoms with E-state index in [1.54, 1.807) is 31.4 Å². The van der Waals surface area contributed by atoms with Crippen molar-refractivity contribution >= 4 is 23.8 Å². The molecule has 35 heavy (non-hydrogen) atoms. The number of ether oxygens (including phenoxy) is 3. The maximum atomic E-state index is 12.6. The van der Waals surface area contributed by atoms with Crippen molar-refractivity contribution in [1.29, 1.82) is 0 Å². The first kappa shape index (κ1) is 24.0. The summed E-state index contributed by atoms with van der Waals surface area (Å²) in [6.45, 7) is 2.95. The van der Waals surface area contributed by atoms with E-state index in [1.165, 1.54) is 0 Å². The molecule has 2 N–H and O–H groups in total. The van der Waals surface area contributed by atoms with E-state index in [9.17, 15) is 4.79 Å². The predicted octanol–water partition coefficient (Wildman–Crippen LogP) is 5.84. The first-order chi connectivity index (χ1) is 17.1. The number of H-pyrrole nitrogens is 1. The lowest BCUT2D eigenvalue weighted by atomic mass is 10.2. The van der Waals surface area contributed by atoms with Crippen LogP contribution in [0, 0.1) is 4.77 Å². The van der Waals surface area contributed by atoms with E-state index in [0.717, 1.165) is 17.1 Å². The summed E-state index contributed by atoms with van der Waals surface area (Å²) in [5.74, 6) is 3.46. The number of amides is 1. The molecule has 0 aliphatic carbocycles. The molecule has 3 aromatic carbocycles. The van der Waals surface area contributed by atoms with Crippen LogP contribution in [0.15, 0.2) is 72.8 Å². The second-order valence-electron chi connectivity index (χ2n) is 7.56. The first-order valence-electron chi connectivity index (χ1n) is 11.2. The summed E-state index contributed by atoms with van der Waals surface area (Å²) in [7, 11) is 1.62. The first-order valence-corrected chi connectivity index (χ1v) is 11.6. The van der Waals surface area contributed by atoms with E-state index < -0.39 is 0 Å². The van der Waals surface area contributed by atoms with Gasteiger partial charge in [0.05, 0.1) is 13.7 Å². The zero-order valence-electron chi connectivity index (χ0n) is 19.5. The average Bonchev–Trinajstić information content (AvgIpc) is 3.25. The molecular weight excluding hydrogens is 464 g/mol. The van der Waals surface area contributed by atoms with Crippen molar-refractivity contribution in [1.82, 2.24) is 14.8 Å². The van der Waals surface area contributed by atoms with Gasteiger partial charge in [-0.25, -0.2) is 0 Å².